The van der Waals surface area contributed by atoms with E-state index in [1.54, 1.807) is 18.2 Å². The van der Waals surface area contributed by atoms with Gasteiger partial charge in [-0.15, -0.1) is 0 Å². The van der Waals surface area contributed by atoms with Gasteiger partial charge in [0.25, 0.3) is 5.91 Å². The summed E-state index contributed by atoms with van der Waals surface area (Å²) in [5, 5.41) is 12.0. The van der Waals surface area contributed by atoms with Crippen molar-refractivity contribution < 1.29 is 19.4 Å². The maximum Gasteiger partial charge on any atom is 0.271 e. The maximum absolute atomic E-state index is 12.6. The summed E-state index contributed by atoms with van der Waals surface area (Å²) in [5.41, 5.74) is 1.26. The molecule has 1 aromatic heterocycles. The zero-order valence-corrected chi connectivity index (χ0v) is 16.0. The van der Waals surface area contributed by atoms with Crippen molar-refractivity contribution in [3.63, 3.8) is 0 Å². The van der Waals surface area contributed by atoms with E-state index in [9.17, 15) is 14.7 Å². The molecule has 0 fully saturated rings. The molecule has 1 aliphatic heterocycles. The van der Waals surface area contributed by atoms with E-state index in [-0.39, 0.29) is 30.9 Å². The molecular formula is C20H26N4O4. The second-order valence-electron chi connectivity index (χ2n) is 6.65. The Balaban J connectivity index is 1.87. The molecule has 28 heavy (non-hydrogen) atoms. The Hall–Kier alpha value is -2.71. The van der Waals surface area contributed by atoms with Crippen LogP contribution in [0.4, 0.5) is 0 Å². The minimum atomic E-state index is -0.385. The lowest BCUT2D eigenvalue weighted by molar-refractivity contribution is -0.134. The average molecular weight is 386 g/mol. The minimum absolute atomic E-state index is 0.0664. The van der Waals surface area contributed by atoms with Gasteiger partial charge >= 0.3 is 0 Å². The maximum atomic E-state index is 12.6. The predicted molar refractivity (Wildman–Crippen MR) is 103 cm³/mol. The van der Waals surface area contributed by atoms with Crippen LogP contribution in [-0.2, 0) is 16.1 Å². The lowest BCUT2D eigenvalue weighted by Gasteiger charge is -2.36. The second-order valence-corrected chi connectivity index (χ2v) is 6.65. The van der Waals surface area contributed by atoms with Gasteiger partial charge in [-0.2, -0.15) is 0 Å². The highest BCUT2D eigenvalue weighted by Gasteiger charge is 2.34. The van der Waals surface area contributed by atoms with Crippen LogP contribution in [0, 0.1) is 0 Å². The summed E-state index contributed by atoms with van der Waals surface area (Å²) < 4.78 is 6.92. The number of methoxy groups -OCH3 is 1. The predicted octanol–water partition coefficient (Wildman–Crippen LogP) is 0.963. The fourth-order valence-electron chi connectivity index (χ4n) is 3.40. The second kappa shape index (κ2) is 9.48. The van der Waals surface area contributed by atoms with Crippen LogP contribution in [0.15, 0.2) is 36.5 Å². The van der Waals surface area contributed by atoms with Crippen molar-refractivity contribution in [2.75, 3.05) is 33.4 Å². The van der Waals surface area contributed by atoms with Gasteiger partial charge in [-0.3, -0.25) is 9.59 Å². The largest absolute Gasteiger partial charge is 0.396 e. The normalized spacial score (nSPS) is 15.9. The number of aliphatic hydroxyl groups is 1. The van der Waals surface area contributed by atoms with Crippen molar-refractivity contribution in [2.45, 2.75) is 25.4 Å². The van der Waals surface area contributed by atoms with Gasteiger partial charge < -0.3 is 24.6 Å². The first-order valence-corrected chi connectivity index (χ1v) is 9.45. The molecule has 1 atom stereocenters. The molecule has 150 valence electrons. The van der Waals surface area contributed by atoms with Crippen LogP contribution in [-0.4, -0.2) is 64.8 Å². The van der Waals surface area contributed by atoms with Crippen LogP contribution < -0.4 is 5.32 Å². The summed E-state index contributed by atoms with van der Waals surface area (Å²) in [6.07, 6.45) is 2.54. The summed E-state index contributed by atoms with van der Waals surface area (Å²) >= 11 is 0. The number of aliphatic hydroxyl groups excluding tert-OH is 1. The van der Waals surface area contributed by atoms with Crippen molar-refractivity contribution in [1.82, 2.24) is 19.8 Å². The number of rotatable bonds is 8. The third-order valence-corrected chi connectivity index (χ3v) is 4.75. The van der Waals surface area contributed by atoms with E-state index in [1.807, 2.05) is 34.9 Å². The van der Waals surface area contributed by atoms with Crippen molar-refractivity contribution in [3.8, 4) is 0 Å². The summed E-state index contributed by atoms with van der Waals surface area (Å²) in [7, 11) is 1.62. The number of hydrogen-bond donors (Lipinski definition) is 2. The monoisotopic (exact) mass is 386 g/mol. The molecule has 0 aliphatic carbocycles. The van der Waals surface area contributed by atoms with E-state index in [2.05, 4.69) is 10.3 Å². The molecule has 0 saturated carbocycles. The van der Waals surface area contributed by atoms with Gasteiger partial charge in [0.1, 0.15) is 17.6 Å². The van der Waals surface area contributed by atoms with Gasteiger partial charge in [-0.25, -0.2) is 4.98 Å². The van der Waals surface area contributed by atoms with Crippen LogP contribution in [0.5, 0.6) is 0 Å². The Kier molecular flexibility index (Phi) is 6.78. The Bertz CT molecular complexity index is 806. The molecule has 1 unspecified atom stereocenters. The first-order valence-electron chi connectivity index (χ1n) is 9.45. The SMILES string of the molecule is COCCCNC(=O)c1cn2c(n1)C(c1ccccc1)N(C(=O)CCO)CC2. The molecule has 0 saturated heterocycles. The van der Waals surface area contributed by atoms with Crippen molar-refractivity contribution in [1.29, 1.82) is 0 Å². The standard InChI is InChI=1S/C20H26N4O4/c1-28-13-5-9-21-20(27)16-14-23-10-11-24(17(26)8-12-25)18(19(23)22-16)15-6-3-2-4-7-15/h2-4,6-7,14,18,25H,5,8-13H2,1H3,(H,21,27). The van der Waals surface area contributed by atoms with Gasteiger partial charge in [0.15, 0.2) is 0 Å². The number of carbonyl (C=O) groups excluding carboxylic acids is 2. The number of ether oxygens (including phenoxy) is 1. The smallest absolute Gasteiger partial charge is 0.271 e. The van der Waals surface area contributed by atoms with Crippen LogP contribution in [0.2, 0.25) is 0 Å². The average Bonchev–Trinajstić information content (AvgIpc) is 3.15. The van der Waals surface area contributed by atoms with E-state index in [1.165, 1.54) is 0 Å². The molecule has 0 radical (unpaired) electrons. The first-order chi connectivity index (χ1) is 13.7. The lowest BCUT2D eigenvalue weighted by atomic mass is 10.0. The summed E-state index contributed by atoms with van der Waals surface area (Å²) in [5.74, 6) is 0.292. The third kappa shape index (κ3) is 4.40. The summed E-state index contributed by atoms with van der Waals surface area (Å²) in [6.45, 7) is 1.95. The Labute approximate surface area is 164 Å². The molecule has 0 bridgehead atoms. The molecular weight excluding hydrogens is 360 g/mol. The van der Waals surface area contributed by atoms with Gasteiger partial charge in [-0.05, 0) is 12.0 Å². The Morgan fingerprint density at radius 1 is 1.29 bits per heavy atom. The molecule has 1 aromatic carbocycles. The topological polar surface area (TPSA) is 96.7 Å². The quantitative estimate of drug-likeness (QED) is 0.659. The molecule has 3 rings (SSSR count). The molecule has 2 N–H and O–H groups in total. The van der Waals surface area contributed by atoms with Gasteiger partial charge in [0, 0.05) is 46.0 Å². The van der Waals surface area contributed by atoms with Crippen LogP contribution >= 0.6 is 0 Å². The number of nitrogens with one attached hydrogen (secondary N) is 1. The number of hydrogen-bond acceptors (Lipinski definition) is 5. The molecule has 8 heteroatoms. The van der Waals surface area contributed by atoms with E-state index < -0.39 is 0 Å². The Morgan fingerprint density at radius 3 is 2.79 bits per heavy atom. The zero-order chi connectivity index (χ0) is 19.9. The number of benzene rings is 1. The van der Waals surface area contributed by atoms with E-state index in [0.717, 1.165) is 12.0 Å². The highest BCUT2D eigenvalue weighted by atomic mass is 16.5. The summed E-state index contributed by atoms with van der Waals surface area (Å²) in [6, 6.07) is 9.24. The Morgan fingerprint density at radius 2 is 2.07 bits per heavy atom. The van der Waals surface area contributed by atoms with E-state index in [0.29, 0.717) is 37.8 Å². The molecule has 0 spiro atoms. The molecule has 2 amide bonds. The first kappa shape index (κ1) is 20.0. The van der Waals surface area contributed by atoms with Crippen LogP contribution in [0.25, 0.3) is 0 Å². The number of carbonyl (C=O) groups is 2. The highest BCUT2D eigenvalue weighted by molar-refractivity contribution is 5.92. The number of amides is 2. The molecule has 1 aliphatic rings. The van der Waals surface area contributed by atoms with E-state index in [4.69, 9.17) is 4.74 Å². The molecule has 2 heterocycles. The summed E-state index contributed by atoms with van der Waals surface area (Å²) in [4.78, 5) is 31.3. The fraction of sp³-hybridized carbons (Fsp3) is 0.450. The van der Waals surface area contributed by atoms with Crippen molar-refractivity contribution in [3.05, 3.63) is 53.6 Å². The molecule has 2 aromatic rings. The van der Waals surface area contributed by atoms with Crippen molar-refractivity contribution >= 4 is 11.8 Å². The lowest BCUT2D eigenvalue weighted by Crippen LogP contribution is -2.43. The van der Waals surface area contributed by atoms with Crippen LogP contribution in [0.3, 0.4) is 0 Å². The zero-order valence-electron chi connectivity index (χ0n) is 16.0. The number of fused-ring (bicyclic) bond motifs is 1. The number of aromatic nitrogens is 2. The van der Waals surface area contributed by atoms with Gasteiger partial charge in [0.2, 0.25) is 5.91 Å². The highest BCUT2D eigenvalue weighted by Crippen LogP contribution is 2.32. The van der Waals surface area contributed by atoms with Crippen molar-refractivity contribution in [2.24, 2.45) is 0 Å². The van der Waals surface area contributed by atoms with Gasteiger partial charge in [0.05, 0.1) is 6.61 Å². The van der Waals surface area contributed by atoms with Gasteiger partial charge in [-0.1, -0.05) is 30.3 Å². The minimum Gasteiger partial charge on any atom is -0.396 e. The van der Waals surface area contributed by atoms with Crippen LogP contribution in [0.1, 0.15) is 40.8 Å². The number of imidazole rings is 1. The number of nitrogens with zero attached hydrogens (tertiary/aromatic N) is 3. The fourth-order valence-corrected chi connectivity index (χ4v) is 3.40. The van der Waals surface area contributed by atoms with E-state index >= 15 is 0 Å². The third-order valence-electron chi connectivity index (χ3n) is 4.75. The molecule has 8 nitrogen and oxygen atoms in total.